The molecule has 10 heteroatoms. The number of nitrogens with zero attached hydrogens (tertiary/aromatic N) is 1. The lowest BCUT2D eigenvalue weighted by Gasteiger charge is -2.30. The predicted octanol–water partition coefficient (Wildman–Crippen LogP) is 3.35. The number of rotatable bonds is 8. The molecule has 178 valence electrons. The van der Waals surface area contributed by atoms with Crippen molar-refractivity contribution in [1.82, 2.24) is 9.62 Å². The molecule has 1 heterocycles. The van der Waals surface area contributed by atoms with Gasteiger partial charge in [0, 0.05) is 30.2 Å². The molecule has 3 rings (SSSR count). The molecular formula is C23H27ClN2O6S. The van der Waals surface area contributed by atoms with E-state index in [1.165, 1.54) is 19.1 Å². The van der Waals surface area contributed by atoms with E-state index in [0.717, 1.165) is 11.1 Å². The molecule has 1 N–H and O–H groups in total. The van der Waals surface area contributed by atoms with E-state index in [2.05, 4.69) is 4.72 Å². The number of hydrogen-bond donors (Lipinski definition) is 1. The fourth-order valence-electron chi connectivity index (χ4n) is 3.68. The van der Waals surface area contributed by atoms with Crippen LogP contribution in [-0.2, 0) is 14.8 Å². The molecule has 33 heavy (non-hydrogen) atoms. The molecule has 0 spiro atoms. The lowest BCUT2D eigenvalue weighted by molar-refractivity contribution is -0.132. The molecule has 2 aromatic carbocycles. The van der Waals surface area contributed by atoms with Crippen LogP contribution >= 0.6 is 11.6 Å². The Labute approximate surface area is 199 Å². The second-order valence-electron chi connectivity index (χ2n) is 7.47. The van der Waals surface area contributed by atoms with Gasteiger partial charge in [-0.25, -0.2) is 8.42 Å². The number of carbonyl (C=O) groups is 1. The number of nitrogens with one attached hydrogen (secondary N) is 1. The number of methoxy groups -OCH3 is 3. The summed E-state index contributed by atoms with van der Waals surface area (Å²) in [5.41, 5.74) is 1.78. The van der Waals surface area contributed by atoms with Crippen molar-refractivity contribution in [2.75, 3.05) is 34.4 Å². The Balaban J connectivity index is 1.75. The van der Waals surface area contributed by atoms with Crippen molar-refractivity contribution in [2.24, 2.45) is 0 Å². The monoisotopic (exact) mass is 494 g/mol. The fraction of sp³-hybridized carbons (Fsp3) is 0.348. The molecule has 0 saturated carbocycles. The molecule has 0 fully saturated rings. The van der Waals surface area contributed by atoms with Crippen molar-refractivity contribution in [3.05, 3.63) is 53.1 Å². The minimum absolute atomic E-state index is 0.00849. The van der Waals surface area contributed by atoms with Crippen LogP contribution < -0.4 is 18.9 Å². The summed E-state index contributed by atoms with van der Waals surface area (Å²) >= 11 is 5.90. The maximum atomic E-state index is 12.9. The highest BCUT2D eigenvalue weighted by atomic mass is 35.5. The van der Waals surface area contributed by atoms with Gasteiger partial charge in [-0.05, 0) is 37.1 Å². The van der Waals surface area contributed by atoms with Crippen molar-refractivity contribution in [3.8, 4) is 17.2 Å². The summed E-state index contributed by atoms with van der Waals surface area (Å²) in [6.07, 6.45) is 2.48. The van der Waals surface area contributed by atoms with E-state index in [9.17, 15) is 13.2 Å². The van der Waals surface area contributed by atoms with Gasteiger partial charge in [0.15, 0.2) is 0 Å². The summed E-state index contributed by atoms with van der Waals surface area (Å²) in [6.45, 7) is 2.28. The lowest BCUT2D eigenvalue weighted by Crippen LogP contribution is -2.48. The smallest absolute Gasteiger partial charge is 0.241 e. The van der Waals surface area contributed by atoms with Gasteiger partial charge in [-0.2, -0.15) is 4.72 Å². The lowest BCUT2D eigenvalue weighted by atomic mass is 9.97. The molecule has 1 atom stereocenters. The zero-order valence-electron chi connectivity index (χ0n) is 18.9. The number of sulfonamides is 1. The molecule has 0 aliphatic carbocycles. The van der Waals surface area contributed by atoms with Gasteiger partial charge < -0.3 is 19.1 Å². The average Bonchev–Trinajstić information content (AvgIpc) is 2.82. The van der Waals surface area contributed by atoms with Crippen LogP contribution in [0.15, 0.2) is 47.4 Å². The SMILES string of the molecule is COc1cc(OC)c(C2=CCN(C(=O)[C@@H](C)NS(=O)(=O)c3cccc(Cl)c3)CC2)c(OC)c1. The summed E-state index contributed by atoms with van der Waals surface area (Å²) in [5.74, 6) is 1.52. The highest BCUT2D eigenvalue weighted by molar-refractivity contribution is 7.89. The topological polar surface area (TPSA) is 94.2 Å². The average molecular weight is 495 g/mol. The van der Waals surface area contributed by atoms with Crippen molar-refractivity contribution in [3.63, 3.8) is 0 Å². The molecule has 1 aliphatic heterocycles. The summed E-state index contributed by atoms with van der Waals surface area (Å²) in [4.78, 5) is 14.5. The third-order valence-electron chi connectivity index (χ3n) is 5.37. The quantitative estimate of drug-likeness (QED) is 0.605. The van der Waals surface area contributed by atoms with Gasteiger partial charge in [-0.3, -0.25) is 4.79 Å². The first-order chi connectivity index (χ1) is 15.7. The molecule has 0 saturated heterocycles. The largest absolute Gasteiger partial charge is 0.496 e. The van der Waals surface area contributed by atoms with Crippen LogP contribution in [0.4, 0.5) is 0 Å². The highest BCUT2D eigenvalue weighted by Crippen LogP contribution is 2.40. The van der Waals surface area contributed by atoms with Crippen molar-refractivity contribution < 1.29 is 27.4 Å². The van der Waals surface area contributed by atoms with E-state index < -0.39 is 16.1 Å². The summed E-state index contributed by atoms with van der Waals surface area (Å²) < 4.78 is 44.0. The molecular weight excluding hydrogens is 468 g/mol. The van der Waals surface area contributed by atoms with Crippen LogP contribution in [0, 0.1) is 0 Å². The standard InChI is InChI=1S/C23H27ClN2O6S/c1-15(25-33(28,29)19-7-5-6-17(24)12-19)23(27)26-10-8-16(9-11-26)22-20(31-3)13-18(30-2)14-21(22)32-4/h5-8,12-15,25H,9-11H2,1-4H3/t15-/m1/s1. The molecule has 8 nitrogen and oxygen atoms in total. The molecule has 2 aromatic rings. The minimum Gasteiger partial charge on any atom is -0.496 e. The van der Waals surface area contributed by atoms with Crippen LogP contribution in [0.3, 0.4) is 0 Å². The maximum Gasteiger partial charge on any atom is 0.241 e. The number of amides is 1. The summed E-state index contributed by atoms with van der Waals surface area (Å²) in [5, 5.41) is 0.301. The van der Waals surface area contributed by atoms with Gasteiger partial charge in [0.1, 0.15) is 17.2 Å². The Bertz CT molecular complexity index is 1140. The Hall–Kier alpha value is -2.75. The molecule has 0 radical (unpaired) electrons. The van der Waals surface area contributed by atoms with Gasteiger partial charge in [0.05, 0.1) is 37.8 Å². The second kappa shape index (κ2) is 10.5. The third kappa shape index (κ3) is 5.61. The van der Waals surface area contributed by atoms with Crippen molar-refractivity contribution >= 4 is 33.1 Å². The van der Waals surface area contributed by atoms with Crippen LogP contribution in [0.2, 0.25) is 5.02 Å². The second-order valence-corrected chi connectivity index (χ2v) is 9.62. The van der Waals surface area contributed by atoms with Crippen molar-refractivity contribution in [2.45, 2.75) is 24.3 Å². The van der Waals surface area contributed by atoms with Gasteiger partial charge in [0.2, 0.25) is 15.9 Å². The normalized spacial score (nSPS) is 14.9. The Kier molecular flexibility index (Phi) is 7.88. The Morgan fingerprint density at radius 3 is 2.27 bits per heavy atom. The first-order valence-corrected chi connectivity index (χ1v) is 12.1. The molecule has 1 aliphatic rings. The summed E-state index contributed by atoms with van der Waals surface area (Å²) in [6, 6.07) is 8.52. The zero-order chi connectivity index (χ0) is 24.2. The van der Waals surface area contributed by atoms with E-state index in [4.69, 9.17) is 25.8 Å². The number of carbonyl (C=O) groups excluding carboxylic acids is 1. The molecule has 0 unspecified atom stereocenters. The number of benzene rings is 2. The number of hydrogen-bond acceptors (Lipinski definition) is 6. The van der Waals surface area contributed by atoms with Crippen LogP contribution in [0.5, 0.6) is 17.2 Å². The molecule has 0 aromatic heterocycles. The van der Waals surface area contributed by atoms with Crippen LogP contribution in [0.25, 0.3) is 5.57 Å². The van der Waals surface area contributed by atoms with E-state index in [1.54, 1.807) is 50.5 Å². The Morgan fingerprint density at radius 1 is 1.09 bits per heavy atom. The number of halogens is 1. The maximum absolute atomic E-state index is 12.9. The first kappa shape index (κ1) is 24.9. The zero-order valence-corrected chi connectivity index (χ0v) is 20.5. The van der Waals surface area contributed by atoms with Crippen LogP contribution in [0.1, 0.15) is 18.9 Å². The predicted molar refractivity (Wildman–Crippen MR) is 127 cm³/mol. The van der Waals surface area contributed by atoms with Crippen LogP contribution in [-0.4, -0.2) is 59.7 Å². The van der Waals surface area contributed by atoms with E-state index in [1.807, 2.05) is 6.08 Å². The van der Waals surface area contributed by atoms with Gasteiger partial charge in [0.25, 0.3) is 0 Å². The minimum atomic E-state index is -3.89. The molecule has 0 bridgehead atoms. The highest BCUT2D eigenvalue weighted by Gasteiger charge is 2.28. The fourth-order valence-corrected chi connectivity index (χ4v) is 5.17. The van der Waals surface area contributed by atoms with E-state index >= 15 is 0 Å². The third-order valence-corrected chi connectivity index (χ3v) is 7.14. The molecule has 1 amide bonds. The summed E-state index contributed by atoms with van der Waals surface area (Å²) in [7, 11) is 0.830. The van der Waals surface area contributed by atoms with E-state index in [-0.39, 0.29) is 10.8 Å². The van der Waals surface area contributed by atoms with Crippen molar-refractivity contribution in [1.29, 1.82) is 0 Å². The first-order valence-electron chi connectivity index (χ1n) is 10.3. The number of ether oxygens (including phenoxy) is 3. The van der Waals surface area contributed by atoms with Gasteiger partial charge in [-0.15, -0.1) is 0 Å². The van der Waals surface area contributed by atoms with Gasteiger partial charge in [-0.1, -0.05) is 23.7 Å². The Morgan fingerprint density at radius 2 is 1.76 bits per heavy atom. The van der Waals surface area contributed by atoms with Gasteiger partial charge >= 0.3 is 0 Å². The van der Waals surface area contributed by atoms with E-state index in [0.29, 0.717) is 41.8 Å².